The molecule has 0 aromatic heterocycles. The first-order chi connectivity index (χ1) is 4.66. The van der Waals surface area contributed by atoms with E-state index < -0.39 is 31.2 Å². The maximum absolute atomic E-state index is 8.93. The average molecular weight is 150 g/mol. The minimum Gasteiger partial charge on any atom is -0.394 e. The zero-order valence-corrected chi connectivity index (χ0v) is 5.21. The molecule has 5 heteroatoms. The van der Waals surface area contributed by atoms with Crippen LogP contribution in [0.15, 0.2) is 0 Å². The molecule has 1 aliphatic rings. The monoisotopic (exact) mass is 150 g/mol. The van der Waals surface area contributed by atoms with Gasteiger partial charge in [0.25, 0.3) is 0 Å². The third-order valence-electron chi connectivity index (χ3n) is 1.52. The van der Waals surface area contributed by atoms with E-state index in [4.69, 9.17) is 20.4 Å². The molecule has 4 atom stereocenters. The summed E-state index contributed by atoms with van der Waals surface area (Å²) in [6.45, 7) is -0.407. The van der Waals surface area contributed by atoms with Gasteiger partial charge < -0.3 is 25.2 Å². The molecule has 0 aromatic rings. The lowest BCUT2D eigenvalue weighted by atomic mass is 10.1. The number of ether oxygens (including phenoxy) is 1. The van der Waals surface area contributed by atoms with Gasteiger partial charge in [0.15, 0.2) is 6.29 Å². The molecule has 10 heavy (non-hydrogen) atoms. The van der Waals surface area contributed by atoms with E-state index >= 15 is 0 Å². The largest absolute Gasteiger partial charge is 0.394 e. The van der Waals surface area contributed by atoms with E-state index in [-0.39, 0.29) is 0 Å². The second-order valence-electron chi connectivity index (χ2n) is 2.23. The number of hydrogen-bond donors (Lipinski definition) is 4. The van der Waals surface area contributed by atoms with E-state index in [9.17, 15) is 0 Å². The van der Waals surface area contributed by atoms with Crippen molar-refractivity contribution in [2.75, 3.05) is 6.61 Å². The zero-order valence-electron chi connectivity index (χ0n) is 5.21. The summed E-state index contributed by atoms with van der Waals surface area (Å²) < 4.78 is 4.54. The van der Waals surface area contributed by atoms with Crippen molar-refractivity contribution in [1.29, 1.82) is 0 Å². The van der Waals surface area contributed by atoms with Gasteiger partial charge in [-0.3, -0.25) is 0 Å². The van der Waals surface area contributed by atoms with Gasteiger partial charge in [-0.15, -0.1) is 0 Å². The van der Waals surface area contributed by atoms with Gasteiger partial charge in [0.1, 0.15) is 18.3 Å². The summed E-state index contributed by atoms with van der Waals surface area (Å²) in [5.41, 5.74) is 0. The Hall–Kier alpha value is -0.200. The van der Waals surface area contributed by atoms with Crippen LogP contribution in [-0.2, 0) is 4.74 Å². The Morgan fingerprint density at radius 3 is 1.90 bits per heavy atom. The highest BCUT2D eigenvalue weighted by Crippen LogP contribution is 2.18. The Morgan fingerprint density at radius 1 is 1.10 bits per heavy atom. The first kappa shape index (κ1) is 7.90. The van der Waals surface area contributed by atoms with Gasteiger partial charge in [-0.25, -0.2) is 0 Å². The first-order valence-corrected chi connectivity index (χ1v) is 2.97. The SMILES string of the molecule is OC[C@@H]1O[C@@H](O)[C@H](O)C1O. The van der Waals surface area contributed by atoms with Crippen LogP contribution in [0.25, 0.3) is 0 Å². The maximum Gasteiger partial charge on any atom is 0.184 e. The molecular formula is C5H10O5. The lowest BCUT2D eigenvalue weighted by Gasteiger charge is -2.09. The molecule has 0 amide bonds. The lowest BCUT2D eigenvalue weighted by Crippen LogP contribution is -2.33. The van der Waals surface area contributed by atoms with E-state index in [1.807, 2.05) is 0 Å². The summed E-state index contributed by atoms with van der Waals surface area (Å²) >= 11 is 0. The Bertz CT molecular complexity index is 117. The van der Waals surface area contributed by atoms with Gasteiger partial charge in [0.2, 0.25) is 0 Å². The van der Waals surface area contributed by atoms with Crippen molar-refractivity contribution in [2.45, 2.75) is 24.6 Å². The Balaban J connectivity index is 2.53. The molecule has 60 valence electrons. The van der Waals surface area contributed by atoms with Crippen molar-refractivity contribution in [3.05, 3.63) is 0 Å². The molecule has 0 aromatic carbocycles. The van der Waals surface area contributed by atoms with Gasteiger partial charge in [0, 0.05) is 0 Å². The molecular weight excluding hydrogens is 140 g/mol. The minimum atomic E-state index is -1.38. The topological polar surface area (TPSA) is 90.2 Å². The van der Waals surface area contributed by atoms with Crippen LogP contribution >= 0.6 is 0 Å². The van der Waals surface area contributed by atoms with E-state index in [0.29, 0.717) is 0 Å². The summed E-state index contributed by atoms with van der Waals surface area (Å²) in [4.78, 5) is 0. The van der Waals surface area contributed by atoms with Crippen LogP contribution in [0.4, 0.5) is 0 Å². The van der Waals surface area contributed by atoms with Crippen molar-refractivity contribution in [2.24, 2.45) is 0 Å². The molecule has 0 saturated carbocycles. The van der Waals surface area contributed by atoms with Gasteiger partial charge in [-0.1, -0.05) is 0 Å². The Kier molecular flexibility index (Phi) is 2.22. The highest BCUT2D eigenvalue weighted by Gasteiger charge is 2.41. The van der Waals surface area contributed by atoms with Crippen LogP contribution in [-0.4, -0.2) is 51.6 Å². The number of hydrogen-bond acceptors (Lipinski definition) is 5. The molecule has 0 radical (unpaired) electrons. The number of rotatable bonds is 1. The summed E-state index contributed by atoms with van der Waals surface area (Å²) in [6.07, 6.45) is -4.76. The fraction of sp³-hybridized carbons (Fsp3) is 1.00. The van der Waals surface area contributed by atoms with Crippen LogP contribution in [0, 0.1) is 0 Å². The normalized spacial score (nSPS) is 48.0. The molecule has 1 unspecified atom stereocenters. The summed E-state index contributed by atoms with van der Waals surface area (Å²) in [5.74, 6) is 0. The van der Waals surface area contributed by atoms with Crippen LogP contribution in [0.5, 0.6) is 0 Å². The standard InChI is InChI=1S/C5H10O5/c6-1-2-3(7)4(8)5(9)10-2/h2-9H,1H2/t2-,3?,4+,5+/m0/s1. The molecule has 1 fully saturated rings. The van der Waals surface area contributed by atoms with Crippen molar-refractivity contribution in [3.8, 4) is 0 Å². The van der Waals surface area contributed by atoms with Crippen LogP contribution < -0.4 is 0 Å². The van der Waals surface area contributed by atoms with Gasteiger partial charge in [-0.05, 0) is 0 Å². The van der Waals surface area contributed by atoms with Crippen molar-refractivity contribution in [3.63, 3.8) is 0 Å². The van der Waals surface area contributed by atoms with Gasteiger partial charge >= 0.3 is 0 Å². The van der Waals surface area contributed by atoms with E-state index in [0.717, 1.165) is 0 Å². The fourth-order valence-electron chi connectivity index (χ4n) is 0.880. The molecule has 5 nitrogen and oxygen atoms in total. The second kappa shape index (κ2) is 2.81. The predicted molar refractivity (Wildman–Crippen MR) is 30.0 cm³/mol. The van der Waals surface area contributed by atoms with Crippen LogP contribution in [0.1, 0.15) is 0 Å². The third-order valence-corrected chi connectivity index (χ3v) is 1.52. The molecule has 4 N–H and O–H groups in total. The molecule has 1 saturated heterocycles. The van der Waals surface area contributed by atoms with E-state index in [1.165, 1.54) is 0 Å². The van der Waals surface area contributed by atoms with E-state index in [2.05, 4.69) is 4.74 Å². The Morgan fingerprint density at radius 2 is 1.70 bits per heavy atom. The Labute approximate surface area is 57.5 Å². The minimum absolute atomic E-state index is 0.407. The van der Waals surface area contributed by atoms with Gasteiger partial charge in [-0.2, -0.15) is 0 Å². The third kappa shape index (κ3) is 1.14. The quantitative estimate of drug-likeness (QED) is 0.329. The summed E-state index contributed by atoms with van der Waals surface area (Å²) in [5, 5.41) is 35.0. The summed E-state index contributed by atoms with van der Waals surface area (Å²) in [6, 6.07) is 0. The van der Waals surface area contributed by atoms with Crippen LogP contribution in [0.2, 0.25) is 0 Å². The average Bonchev–Trinajstić information content (AvgIpc) is 2.17. The molecule has 1 rings (SSSR count). The molecule has 0 spiro atoms. The van der Waals surface area contributed by atoms with Crippen molar-refractivity contribution >= 4 is 0 Å². The maximum atomic E-state index is 8.93. The second-order valence-corrected chi connectivity index (χ2v) is 2.23. The summed E-state index contributed by atoms with van der Waals surface area (Å²) in [7, 11) is 0. The number of aliphatic hydroxyl groups is 4. The molecule has 1 heterocycles. The van der Waals surface area contributed by atoms with Gasteiger partial charge in [0.05, 0.1) is 6.61 Å². The van der Waals surface area contributed by atoms with Crippen LogP contribution in [0.3, 0.4) is 0 Å². The first-order valence-electron chi connectivity index (χ1n) is 2.97. The highest BCUT2D eigenvalue weighted by atomic mass is 16.6. The number of aliphatic hydroxyl groups excluding tert-OH is 4. The molecule has 1 aliphatic heterocycles. The fourth-order valence-corrected chi connectivity index (χ4v) is 0.880. The lowest BCUT2D eigenvalue weighted by molar-refractivity contribution is -0.132. The molecule has 0 bridgehead atoms. The van der Waals surface area contributed by atoms with Crippen molar-refractivity contribution < 1.29 is 25.2 Å². The predicted octanol–water partition coefficient (Wildman–Crippen LogP) is -2.58. The molecule has 0 aliphatic carbocycles. The zero-order chi connectivity index (χ0) is 7.72. The smallest absolute Gasteiger partial charge is 0.184 e. The highest BCUT2D eigenvalue weighted by molar-refractivity contribution is 4.84. The van der Waals surface area contributed by atoms with E-state index in [1.54, 1.807) is 0 Å². The van der Waals surface area contributed by atoms with Crippen molar-refractivity contribution in [1.82, 2.24) is 0 Å².